The Labute approximate surface area is 171 Å². The van der Waals surface area contributed by atoms with E-state index in [1.165, 1.54) is 45.8 Å². The highest BCUT2D eigenvalue weighted by Gasteiger charge is 2.14. The van der Waals surface area contributed by atoms with E-state index < -0.39 is 10.7 Å². The molecule has 0 atom stereocenters. The third kappa shape index (κ3) is 3.50. The number of nitro benzene ring substituents is 1. The Balaban J connectivity index is 1.61. The summed E-state index contributed by atoms with van der Waals surface area (Å²) in [4.78, 5) is 39.4. The monoisotopic (exact) mass is 434 g/mol. The largest absolute Gasteiger partial charge is 0.419 e. The van der Waals surface area contributed by atoms with Gasteiger partial charge in [-0.15, -0.1) is 0 Å². The summed E-state index contributed by atoms with van der Waals surface area (Å²) in [6, 6.07) is 6.95. The van der Waals surface area contributed by atoms with Gasteiger partial charge in [0.2, 0.25) is 0 Å². The van der Waals surface area contributed by atoms with Crippen LogP contribution in [0.1, 0.15) is 6.42 Å². The molecule has 11 heteroatoms. The van der Waals surface area contributed by atoms with Gasteiger partial charge in [0, 0.05) is 30.2 Å². The van der Waals surface area contributed by atoms with Crippen LogP contribution in [-0.4, -0.2) is 19.0 Å². The summed E-state index contributed by atoms with van der Waals surface area (Å²) in [5.41, 5.74) is 0.498. The van der Waals surface area contributed by atoms with Crippen molar-refractivity contribution in [1.29, 1.82) is 0 Å². The van der Waals surface area contributed by atoms with Crippen molar-refractivity contribution < 1.29 is 9.34 Å². The predicted octanol–water partition coefficient (Wildman–Crippen LogP) is 3.61. The first-order chi connectivity index (χ1) is 13.8. The molecule has 0 aliphatic rings. The fourth-order valence-electron chi connectivity index (χ4n) is 3.13. The molecular weight excluding hydrogens is 423 g/mol. The SMILES string of the molecule is O=c1c2cc(Cl)cc(Cl)c2ncn1CCCn1c(=O)oc2ccc([N+](=O)[O-])cc21. The van der Waals surface area contributed by atoms with Gasteiger partial charge in [-0.3, -0.25) is 24.0 Å². The predicted molar refractivity (Wildman–Crippen MR) is 108 cm³/mol. The van der Waals surface area contributed by atoms with Gasteiger partial charge in [-0.1, -0.05) is 23.2 Å². The molecule has 0 amide bonds. The molecule has 0 saturated heterocycles. The van der Waals surface area contributed by atoms with Crippen molar-refractivity contribution in [2.45, 2.75) is 19.5 Å². The zero-order valence-electron chi connectivity index (χ0n) is 14.7. The smallest absolute Gasteiger partial charge is 0.408 e. The molecule has 0 bridgehead atoms. The molecule has 0 aliphatic heterocycles. The second kappa shape index (κ2) is 7.34. The first-order valence-electron chi connectivity index (χ1n) is 8.47. The molecule has 0 fully saturated rings. The number of aromatic nitrogens is 3. The van der Waals surface area contributed by atoms with E-state index >= 15 is 0 Å². The average molecular weight is 435 g/mol. The Bertz CT molecular complexity index is 1390. The number of rotatable bonds is 5. The molecule has 0 N–H and O–H groups in total. The third-order valence-corrected chi connectivity index (χ3v) is 4.99. The number of aryl methyl sites for hydroxylation is 2. The number of hydrogen-bond acceptors (Lipinski definition) is 6. The van der Waals surface area contributed by atoms with E-state index in [0.717, 1.165) is 0 Å². The molecule has 0 radical (unpaired) electrons. The quantitative estimate of drug-likeness (QED) is 0.350. The summed E-state index contributed by atoms with van der Waals surface area (Å²) in [6.45, 7) is 0.466. The molecular formula is C18H12Cl2N4O5. The third-order valence-electron chi connectivity index (χ3n) is 4.49. The van der Waals surface area contributed by atoms with Crippen LogP contribution in [0.4, 0.5) is 5.69 Å². The van der Waals surface area contributed by atoms with Crippen LogP contribution in [0.25, 0.3) is 22.0 Å². The van der Waals surface area contributed by atoms with Gasteiger partial charge in [-0.05, 0) is 24.6 Å². The maximum Gasteiger partial charge on any atom is 0.419 e. The summed E-state index contributed by atoms with van der Waals surface area (Å²) in [6.07, 6.45) is 1.77. The van der Waals surface area contributed by atoms with Gasteiger partial charge < -0.3 is 4.42 Å². The van der Waals surface area contributed by atoms with Crippen LogP contribution in [0.2, 0.25) is 10.0 Å². The van der Waals surface area contributed by atoms with E-state index in [4.69, 9.17) is 27.6 Å². The highest BCUT2D eigenvalue weighted by molar-refractivity contribution is 6.38. The lowest BCUT2D eigenvalue weighted by Gasteiger charge is -2.08. The van der Waals surface area contributed by atoms with Gasteiger partial charge in [-0.2, -0.15) is 0 Å². The number of benzene rings is 2. The van der Waals surface area contributed by atoms with Crippen molar-refractivity contribution in [2.75, 3.05) is 0 Å². The highest BCUT2D eigenvalue weighted by atomic mass is 35.5. The van der Waals surface area contributed by atoms with Gasteiger partial charge in [0.1, 0.15) is 0 Å². The Hall–Kier alpha value is -3.17. The number of oxazole rings is 1. The van der Waals surface area contributed by atoms with Crippen LogP contribution < -0.4 is 11.3 Å². The van der Waals surface area contributed by atoms with Crippen LogP contribution in [0.3, 0.4) is 0 Å². The second-order valence-corrected chi connectivity index (χ2v) is 7.15. The lowest BCUT2D eigenvalue weighted by molar-refractivity contribution is -0.384. The van der Waals surface area contributed by atoms with Crippen LogP contribution >= 0.6 is 23.2 Å². The Kier molecular flexibility index (Phi) is 4.85. The lowest BCUT2D eigenvalue weighted by Crippen LogP contribution is -2.22. The van der Waals surface area contributed by atoms with Crippen molar-refractivity contribution in [2.24, 2.45) is 0 Å². The molecule has 2 aromatic carbocycles. The molecule has 0 spiro atoms. The maximum atomic E-state index is 12.7. The highest BCUT2D eigenvalue weighted by Crippen LogP contribution is 2.24. The molecule has 29 heavy (non-hydrogen) atoms. The number of hydrogen-bond donors (Lipinski definition) is 0. The van der Waals surface area contributed by atoms with E-state index in [-0.39, 0.29) is 34.9 Å². The van der Waals surface area contributed by atoms with Crippen molar-refractivity contribution >= 4 is 50.9 Å². The first-order valence-corrected chi connectivity index (χ1v) is 9.23. The van der Waals surface area contributed by atoms with Crippen molar-refractivity contribution in [3.8, 4) is 0 Å². The normalized spacial score (nSPS) is 11.4. The molecule has 0 saturated carbocycles. The summed E-state index contributed by atoms with van der Waals surface area (Å²) < 4.78 is 7.81. The number of halogens is 2. The summed E-state index contributed by atoms with van der Waals surface area (Å²) in [5, 5.41) is 11.9. The zero-order valence-corrected chi connectivity index (χ0v) is 16.2. The topological polar surface area (TPSA) is 113 Å². The number of nitrogens with zero attached hydrogens (tertiary/aromatic N) is 4. The van der Waals surface area contributed by atoms with Crippen LogP contribution in [0.5, 0.6) is 0 Å². The fourth-order valence-corrected chi connectivity index (χ4v) is 3.67. The summed E-state index contributed by atoms with van der Waals surface area (Å²) in [5.74, 6) is -0.622. The molecule has 9 nitrogen and oxygen atoms in total. The summed E-state index contributed by atoms with van der Waals surface area (Å²) in [7, 11) is 0. The molecule has 0 aliphatic carbocycles. The van der Waals surface area contributed by atoms with Gasteiger partial charge in [0.15, 0.2) is 5.58 Å². The minimum absolute atomic E-state index is 0.143. The van der Waals surface area contributed by atoms with E-state index in [2.05, 4.69) is 4.98 Å². The maximum absolute atomic E-state index is 12.7. The van der Waals surface area contributed by atoms with E-state index in [9.17, 15) is 19.7 Å². The van der Waals surface area contributed by atoms with Crippen LogP contribution in [0.15, 0.2) is 50.7 Å². The summed E-state index contributed by atoms with van der Waals surface area (Å²) >= 11 is 12.0. The number of nitro groups is 1. The van der Waals surface area contributed by atoms with Gasteiger partial charge in [0.25, 0.3) is 11.2 Å². The fraction of sp³-hybridized carbons (Fsp3) is 0.167. The minimum atomic E-state index is -0.622. The molecule has 0 unspecified atom stereocenters. The van der Waals surface area contributed by atoms with E-state index in [1.54, 1.807) is 0 Å². The Morgan fingerprint density at radius 3 is 2.69 bits per heavy atom. The number of non-ortho nitro benzene ring substituents is 1. The first kappa shape index (κ1) is 19.2. The van der Waals surface area contributed by atoms with Crippen LogP contribution in [-0.2, 0) is 13.1 Å². The lowest BCUT2D eigenvalue weighted by atomic mass is 10.2. The van der Waals surface area contributed by atoms with Crippen molar-refractivity contribution in [1.82, 2.24) is 14.1 Å². The molecule has 4 aromatic rings. The van der Waals surface area contributed by atoms with Crippen LogP contribution in [0, 0.1) is 10.1 Å². The molecule has 4 rings (SSSR count). The van der Waals surface area contributed by atoms with Crippen molar-refractivity contribution in [3.05, 3.63) is 77.7 Å². The molecule has 2 aromatic heterocycles. The molecule has 148 valence electrons. The van der Waals surface area contributed by atoms with Gasteiger partial charge in [-0.25, -0.2) is 9.78 Å². The van der Waals surface area contributed by atoms with Crippen molar-refractivity contribution in [3.63, 3.8) is 0 Å². The van der Waals surface area contributed by atoms with Gasteiger partial charge >= 0.3 is 5.76 Å². The van der Waals surface area contributed by atoms with E-state index in [0.29, 0.717) is 27.9 Å². The number of fused-ring (bicyclic) bond motifs is 2. The Morgan fingerprint density at radius 1 is 1.14 bits per heavy atom. The molecule has 2 heterocycles. The second-order valence-electron chi connectivity index (χ2n) is 6.31. The van der Waals surface area contributed by atoms with E-state index in [1.807, 2.05) is 0 Å². The minimum Gasteiger partial charge on any atom is -0.408 e. The standard InChI is InChI=1S/C18H12Cl2N4O5/c19-10-6-12-16(13(20)7-10)21-9-22(17(12)25)4-1-5-23-14-8-11(24(27)28)2-3-15(14)29-18(23)26/h2-3,6-9H,1,4-5H2. The zero-order chi connectivity index (χ0) is 20.7. The average Bonchev–Trinajstić information content (AvgIpc) is 2.98. The Morgan fingerprint density at radius 2 is 1.93 bits per heavy atom. The van der Waals surface area contributed by atoms with Gasteiger partial charge in [0.05, 0.1) is 32.7 Å².